The Kier molecular flexibility index (Phi) is 7.50. The van der Waals surface area contributed by atoms with Crippen molar-refractivity contribution >= 4 is 23.5 Å². The summed E-state index contributed by atoms with van der Waals surface area (Å²) in [6.07, 6.45) is 3.28. The number of nitrogens with zero attached hydrogens (tertiary/aromatic N) is 1. The second kappa shape index (κ2) is 11.3. The third kappa shape index (κ3) is 5.95. The Bertz CT molecular complexity index is 1210. The number of anilines is 1. The summed E-state index contributed by atoms with van der Waals surface area (Å²) in [4.78, 5) is 17.0. The number of urea groups is 1. The van der Waals surface area contributed by atoms with Gasteiger partial charge in [-0.25, -0.2) is 4.79 Å². The van der Waals surface area contributed by atoms with Gasteiger partial charge in [-0.1, -0.05) is 97.4 Å². The molecule has 0 saturated heterocycles. The first kappa shape index (κ1) is 23.3. The van der Waals surface area contributed by atoms with Crippen molar-refractivity contribution in [1.29, 1.82) is 0 Å². The molecular weight excluding hydrogens is 448 g/mol. The summed E-state index contributed by atoms with van der Waals surface area (Å²) in [5, 5.41) is 3.56. The van der Waals surface area contributed by atoms with E-state index >= 15 is 0 Å². The Balaban J connectivity index is 1.35. The molecule has 0 bridgehead atoms. The van der Waals surface area contributed by atoms with Crippen LogP contribution in [0.5, 0.6) is 0 Å². The molecule has 35 heavy (non-hydrogen) atoms. The largest absolute Gasteiger partial charge is 0.322 e. The van der Waals surface area contributed by atoms with Gasteiger partial charge in [0.05, 0.1) is 0 Å². The molecule has 0 spiro atoms. The Labute approximate surface area is 212 Å². The van der Waals surface area contributed by atoms with Gasteiger partial charge in [0.15, 0.2) is 0 Å². The summed E-state index contributed by atoms with van der Waals surface area (Å²) in [6, 6.07) is 39.4. The lowest BCUT2D eigenvalue weighted by atomic mass is 10.1. The molecule has 0 aliphatic heterocycles. The maximum absolute atomic E-state index is 13.7. The summed E-state index contributed by atoms with van der Waals surface area (Å²) in [5.74, 6) is 0. The molecule has 4 aromatic rings. The Morgan fingerprint density at radius 3 is 2.03 bits per heavy atom. The van der Waals surface area contributed by atoms with Gasteiger partial charge >= 0.3 is 6.03 Å². The van der Waals surface area contributed by atoms with E-state index < -0.39 is 0 Å². The summed E-state index contributed by atoms with van der Waals surface area (Å²) >= 11 is 1.90. The van der Waals surface area contributed by atoms with Crippen LogP contribution >= 0.6 is 11.8 Å². The van der Waals surface area contributed by atoms with E-state index in [2.05, 4.69) is 72.0 Å². The Morgan fingerprint density at radius 2 is 1.34 bits per heavy atom. The quantitative estimate of drug-likeness (QED) is 0.291. The maximum Gasteiger partial charge on any atom is 0.322 e. The molecule has 1 N–H and O–H groups in total. The van der Waals surface area contributed by atoms with Gasteiger partial charge < -0.3 is 10.2 Å². The highest BCUT2D eigenvalue weighted by molar-refractivity contribution is 8.00. The minimum absolute atomic E-state index is 0.0353. The summed E-state index contributed by atoms with van der Waals surface area (Å²) in [6.45, 7) is 0.602. The first-order valence-corrected chi connectivity index (χ1v) is 13.1. The van der Waals surface area contributed by atoms with E-state index in [0.29, 0.717) is 11.8 Å². The number of carbonyl (C=O) groups excluding carboxylic acids is 1. The maximum atomic E-state index is 13.7. The van der Waals surface area contributed by atoms with E-state index in [1.165, 1.54) is 10.5 Å². The van der Waals surface area contributed by atoms with Crippen LogP contribution in [0.25, 0.3) is 11.1 Å². The third-order valence-electron chi connectivity index (χ3n) is 6.55. The number of nitrogens with one attached hydrogen (secondary N) is 1. The lowest BCUT2D eigenvalue weighted by Crippen LogP contribution is -2.45. The minimum atomic E-state index is -0.0353. The van der Waals surface area contributed by atoms with Gasteiger partial charge in [0.1, 0.15) is 0 Å². The van der Waals surface area contributed by atoms with Gasteiger partial charge in [-0.2, -0.15) is 0 Å². The standard InChI is InChI=1S/C31H30N2OS/c34-31(32-27-21-19-26(20-22-27)25-13-6-2-7-14-25)33(23-24-11-4-1-5-12-24)29-17-10-18-30(29)35-28-15-8-3-9-16-28/h1-9,11-16,19-22,29-30H,10,17-18,23H2,(H,32,34). The van der Waals surface area contributed by atoms with Crippen LogP contribution in [0.1, 0.15) is 24.8 Å². The van der Waals surface area contributed by atoms with E-state index in [0.717, 1.165) is 36.1 Å². The molecule has 1 aliphatic rings. The fraction of sp³-hybridized carbons (Fsp3) is 0.194. The molecule has 3 nitrogen and oxygen atoms in total. The fourth-order valence-electron chi connectivity index (χ4n) is 4.77. The van der Waals surface area contributed by atoms with Crippen molar-refractivity contribution < 1.29 is 4.79 Å². The second-order valence-electron chi connectivity index (χ2n) is 8.95. The molecule has 4 heteroatoms. The molecule has 0 radical (unpaired) electrons. The zero-order chi connectivity index (χ0) is 23.9. The number of amides is 2. The van der Waals surface area contributed by atoms with E-state index in [1.54, 1.807) is 0 Å². The predicted molar refractivity (Wildman–Crippen MR) is 147 cm³/mol. The van der Waals surface area contributed by atoms with Gasteiger partial charge in [0.25, 0.3) is 0 Å². The smallest absolute Gasteiger partial charge is 0.316 e. The van der Waals surface area contributed by atoms with Crippen LogP contribution in [0.4, 0.5) is 10.5 Å². The van der Waals surface area contributed by atoms with Crippen molar-refractivity contribution in [1.82, 2.24) is 4.90 Å². The van der Waals surface area contributed by atoms with Crippen LogP contribution in [0, 0.1) is 0 Å². The van der Waals surface area contributed by atoms with E-state index in [-0.39, 0.29) is 12.1 Å². The van der Waals surface area contributed by atoms with E-state index in [1.807, 2.05) is 65.2 Å². The molecule has 1 saturated carbocycles. The molecule has 0 aromatic heterocycles. The second-order valence-corrected chi connectivity index (χ2v) is 10.3. The molecular formula is C31H30N2OS. The van der Waals surface area contributed by atoms with E-state index in [9.17, 15) is 4.79 Å². The molecule has 1 aliphatic carbocycles. The summed E-state index contributed by atoms with van der Waals surface area (Å²) < 4.78 is 0. The minimum Gasteiger partial charge on any atom is -0.316 e. The van der Waals surface area contributed by atoms with Crippen molar-refractivity contribution in [3.63, 3.8) is 0 Å². The number of rotatable bonds is 7. The molecule has 5 rings (SSSR count). The van der Waals surface area contributed by atoms with Gasteiger partial charge in [-0.05, 0) is 53.8 Å². The molecule has 1 fully saturated rings. The molecule has 2 amide bonds. The SMILES string of the molecule is O=C(Nc1ccc(-c2ccccc2)cc1)N(Cc1ccccc1)C1CCCC1Sc1ccccc1. The van der Waals surface area contributed by atoms with Crippen LogP contribution in [0.3, 0.4) is 0 Å². The average Bonchev–Trinajstić information content (AvgIpc) is 3.37. The lowest BCUT2D eigenvalue weighted by Gasteiger charge is -2.33. The molecule has 2 atom stereocenters. The Hall–Kier alpha value is -3.50. The molecule has 0 heterocycles. The van der Waals surface area contributed by atoms with Gasteiger partial charge in [-0.15, -0.1) is 11.8 Å². The van der Waals surface area contributed by atoms with Crippen LogP contribution in [0.15, 0.2) is 120 Å². The van der Waals surface area contributed by atoms with Crippen molar-refractivity contribution in [2.45, 2.75) is 42.0 Å². The topological polar surface area (TPSA) is 32.3 Å². The zero-order valence-electron chi connectivity index (χ0n) is 19.7. The fourth-order valence-corrected chi connectivity index (χ4v) is 6.15. The van der Waals surface area contributed by atoms with Crippen LogP contribution in [-0.2, 0) is 6.54 Å². The third-order valence-corrected chi connectivity index (χ3v) is 7.95. The Morgan fingerprint density at radius 1 is 0.743 bits per heavy atom. The highest BCUT2D eigenvalue weighted by Crippen LogP contribution is 2.38. The first-order valence-electron chi connectivity index (χ1n) is 12.2. The predicted octanol–water partition coefficient (Wildman–Crippen LogP) is 8.10. The number of hydrogen-bond donors (Lipinski definition) is 1. The van der Waals surface area contributed by atoms with Crippen molar-refractivity contribution in [2.24, 2.45) is 0 Å². The molecule has 176 valence electrons. The summed E-state index contributed by atoms with van der Waals surface area (Å²) in [5.41, 5.74) is 4.28. The van der Waals surface area contributed by atoms with Crippen LogP contribution in [-0.4, -0.2) is 22.2 Å². The highest BCUT2D eigenvalue weighted by atomic mass is 32.2. The summed E-state index contributed by atoms with van der Waals surface area (Å²) in [7, 11) is 0. The monoisotopic (exact) mass is 478 g/mol. The molecule has 2 unspecified atom stereocenters. The lowest BCUT2D eigenvalue weighted by molar-refractivity contribution is 0.186. The van der Waals surface area contributed by atoms with E-state index in [4.69, 9.17) is 0 Å². The highest BCUT2D eigenvalue weighted by Gasteiger charge is 2.35. The van der Waals surface area contributed by atoms with Crippen LogP contribution in [0.2, 0.25) is 0 Å². The van der Waals surface area contributed by atoms with Crippen molar-refractivity contribution in [3.05, 3.63) is 121 Å². The number of benzene rings is 4. The first-order chi connectivity index (χ1) is 17.3. The van der Waals surface area contributed by atoms with Crippen molar-refractivity contribution in [2.75, 3.05) is 5.32 Å². The normalized spacial score (nSPS) is 17.1. The van der Waals surface area contributed by atoms with Crippen LogP contribution < -0.4 is 5.32 Å². The molecule has 4 aromatic carbocycles. The van der Waals surface area contributed by atoms with Crippen molar-refractivity contribution in [3.8, 4) is 11.1 Å². The van der Waals surface area contributed by atoms with Gasteiger partial charge in [0.2, 0.25) is 0 Å². The average molecular weight is 479 g/mol. The van der Waals surface area contributed by atoms with Gasteiger partial charge in [-0.3, -0.25) is 0 Å². The number of thioether (sulfide) groups is 1. The number of carbonyl (C=O) groups is 1. The number of hydrogen-bond acceptors (Lipinski definition) is 2. The zero-order valence-corrected chi connectivity index (χ0v) is 20.5. The van der Waals surface area contributed by atoms with Gasteiger partial charge in [0, 0.05) is 28.4 Å².